The molecule has 1 fully saturated rings. The van der Waals surface area contributed by atoms with E-state index < -0.39 is 0 Å². The van der Waals surface area contributed by atoms with Crippen molar-refractivity contribution in [2.45, 2.75) is 39.2 Å². The van der Waals surface area contributed by atoms with Crippen molar-refractivity contribution in [3.63, 3.8) is 0 Å². The Kier molecular flexibility index (Phi) is 6.20. The van der Waals surface area contributed by atoms with Gasteiger partial charge in [-0.15, -0.1) is 5.10 Å². The van der Waals surface area contributed by atoms with Gasteiger partial charge in [-0.05, 0) is 29.2 Å². The summed E-state index contributed by atoms with van der Waals surface area (Å²) in [5.74, 6) is 2.07. The zero-order valence-electron chi connectivity index (χ0n) is 15.9. The maximum absolute atomic E-state index is 12.7. The molecule has 2 aromatic rings. The standard InChI is InChI=1S/C17H25ClN8O/c1-12(2)17-21-22-23-26(17)11-16(27)25-6-4-5-13(10-25)9-24(3)15-8-19-7-14(18)20-15/h7-8,12-13H,4-6,9-11H2,1-3H3. The molecule has 0 N–H and O–H groups in total. The molecular formula is C17H25ClN8O. The van der Waals surface area contributed by atoms with Gasteiger partial charge in [-0.2, -0.15) is 0 Å². The number of rotatable bonds is 6. The first-order valence-electron chi connectivity index (χ1n) is 9.16. The average Bonchev–Trinajstić information content (AvgIpc) is 3.10. The van der Waals surface area contributed by atoms with Crippen LogP contribution in [0.1, 0.15) is 38.4 Å². The second-order valence-corrected chi connectivity index (χ2v) is 7.67. The number of nitrogens with zero attached hydrogens (tertiary/aromatic N) is 8. The summed E-state index contributed by atoms with van der Waals surface area (Å²) >= 11 is 5.93. The Bertz CT molecular complexity index is 780. The molecule has 1 atom stereocenters. The molecule has 146 valence electrons. The van der Waals surface area contributed by atoms with Crippen LogP contribution in [0.4, 0.5) is 5.82 Å². The van der Waals surface area contributed by atoms with Crippen LogP contribution in [-0.2, 0) is 11.3 Å². The summed E-state index contributed by atoms with van der Waals surface area (Å²) < 4.78 is 1.60. The van der Waals surface area contributed by atoms with Crippen molar-refractivity contribution < 1.29 is 4.79 Å². The summed E-state index contributed by atoms with van der Waals surface area (Å²) in [6.45, 7) is 6.49. The number of carbonyl (C=O) groups excluding carboxylic acids is 1. The van der Waals surface area contributed by atoms with Gasteiger partial charge in [0.1, 0.15) is 17.5 Å². The van der Waals surface area contributed by atoms with E-state index in [4.69, 9.17) is 11.6 Å². The predicted octanol–water partition coefficient (Wildman–Crippen LogP) is 1.61. The third-order valence-electron chi connectivity index (χ3n) is 4.75. The van der Waals surface area contributed by atoms with Crippen LogP contribution < -0.4 is 4.90 Å². The highest BCUT2D eigenvalue weighted by Gasteiger charge is 2.26. The summed E-state index contributed by atoms with van der Waals surface area (Å²) in [5, 5.41) is 12.0. The third kappa shape index (κ3) is 4.91. The normalized spacial score (nSPS) is 17.4. The van der Waals surface area contributed by atoms with Gasteiger partial charge in [0.05, 0.1) is 12.4 Å². The molecule has 1 amide bonds. The lowest BCUT2D eigenvalue weighted by Gasteiger charge is -2.35. The van der Waals surface area contributed by atoms with Gasteiger partial charge in [0.15, 0.2) is 5.82 Å². The Morgan fingerprint density at radius 1 is 1.41 bits per heavy atom. The number of carbonyl (C=O) groups is 1. The highest BCUT2D eigenvalue weighted by Crippen LogP contribution is 2.20. The SMILES string of the molecule is CC(C)c1nnnn1CC(=O)N1CCCC(CN(C)c2cncc(Cl)n2)C1. The van der Waals surface area contributed by atoms with E-state index in [1.165, 1.54) is 6.20 Å². The summed E-state index contributed by atoms with van der Waals surface area (Å²) in [6, 6.07) is 0. The van der Waals surface area contributed by atoms with Gasteiger partial charge in [-0.3, -0.25) is 9.78 Å². The molecule has 1 unspecified atom stereocenters. The fourth-order valence-electron chi connectivity index (χ4n) is 3.40. The van der Waals surface area contributed by atoms with E-state index in [-0.39, 0.29) is 18.4 Å². The first kappa shape index (κ1) is 19.5. The molecule has 10 heteroatoms. The van der Waals surface area contributed by atoms with Gasteiger partial charge in [-0.1, -0.05) is 25.4 Å². The molecule has 0 radical (unpaired) electrons. The number of aromatic nitrogens is 6. The number of tetrazole rings is 1. The molecule has 1 aliphatic rings. The number of likely N-dealkylation sites (tertiary alicyclic amines) is 1. The Morgan fingerprint density at radius 2 is 2.22 bits per heavy atom. The monoisotopic (exact) mass is 392 g/mol. The van der Waals surface area contributed by atoms with Crippen molar-refractivity contribution in [2.24, 2.45) is 5.92 Å². The van der Waals surface area contributed by atoms with Crippen LogP contribution in [0.3, 0.4) is 0 Å². The Labute approximate surface area is 163 Å². The van der Waals surface area contributed by atoms with Crippen LogP contribution >= 0.6 is 11.6 Å². The molecule has 0 aromatic carbocycles. The fourth-order valence-corrected chi connectivity index (χ4v) is 3.55. The van der Waals surface area contributed by atoms with Gasteiger partial charge >= 0.3 is 0 Å². The lowest BCUT2D eigenvalue weighted by molar-refractivity contribution is -0.133. The number of anilines is 1. The quantitative estimate of drug-likeness (QED) is 0.737. The molecule has 3 heterocycles. The number of piperidine rings is 1. The summed E-state index contributed by atoms with van der Waals surface area (Å²) in [5.41, 5.74) is 0. The third-order valence-corrected chi connectivity index (χ3v) is 4.93. The van der Waals surface area contributed by atoms with Crippen LogP contribution in [0.2, 0.25) is 5.15 Å². The van der Waals surface area contributed by atoms with Crippen molar-refractivity contribution in [3.8, 4) is 0 Å². The first-order valence-corrected chi connectivity index (χ1v) is 9.54. The number of hydrogen-bond donors (Lipinski definition) is 0. The molecule has 1 saturated heterocycles. The molecule has 2 aromatic heterocycles. The minimum absolute atomic E-state index is 0.0547. The van der Waals surface area contributed by atoms with Gasteiger partial charge in [0, 0.05) is 32.6 Å². The van der Waals surface area contributed by atoms with Crippen LogP contribution in [-0.4, -0.2) is 67.7 Å². The zero-order valence-corrected chi connectivity index (χ0v) is 16.7. The molecule has 0 spiro atoms. The van der Waals surface area contributed by atoms with E-state index in [0.29, 0.717) is 11.1 Å². The van der Waals surface area contributed by atoms with E-state index in [0.717, 1.165) is 44.1 Å². The van der Waals surface area contributed by atoms with Crippen LogP contribution in [0.25, 0.3) is 0 Å². The summed E-state index contributed by atoms with van der Waals surface area (Å²) in [7, 11) is 1.97. The van der Waals surface area contributed by atoms with Gasteiger partial charge in [0.25, 0.3) is 0 Å². The number of hydrogen-bond acceptors (Lipinski definition) is 7. The Balaban J connectivity index is 1.58. The molecule has 0 saturated carbocycles. The summed E-state index contributed by atoms with van der Waals surface area (Å²) in [6.07, 6.45) is 5.27. The van der Waals surface area contributed by atoms with Crippen molar-refractivity contribution in [3.05, 3.63) is 23.4 Å². The van der Waals surface area contributed by atoms with Crippen molar-refractivity contribution in [1.82, 2.24) is 35.1 Å². The predicted molar refractivity (Wildman–Crippen MR) is 102 cm³/mol. The van der Waals surface area contributed by atoms with Crippen molar-refractivity contribution in [2.75, 3.05) is 31.6 Å². The second kappa shape index (κ2) is 8.60. The topological polar surface area (TPSA) is 92.9 Å². The van der Waals surface area contributed by atoms with Crippen molar-refractivity contribution >= 4 is 23.3 Å². The van der Waals surface area contributed by atoms with E-state index in [2.05, 4.69) is 25.5 Å². The Morgan fingerprint density at radius 3 is 2.96 bits per heavy atom. The van der Waals surface area contributed by atoms with E-state index in [9.17, 15) is 4.79 Å². The van der Waals surface area contributed by atoms with Gasteiger partial charge < -0.3 is 9.80 Å². The highest BCUT2D eigenvalue weighted by molar-refractivity contribution is 6.29. The smallest absolute Gasteiger partial charge is 0.244 e. The lowest BCUT2D eigenvalue weighted by Crippen LogP contribution is -2.44. The van der Waals surface area contributed by atoms with E-state index in [1.54, 1.807) is 10.9 Å². The lowest BCUT2D eigenvalue weighted by atomic mass is 9.97. The largest absolute Gasteiger partial charge is 0.358 e. The van der Waals surface area contributed by atoms with Crippen LogP contribution in [0.15, 0.2) is 12.4 Å². The fraction of sp³-hybridized carbons (Fsp3) is 0.647. The van der Waals surface area contributed by atoms with Crippen molar-refractivity contribution in [1.29, 1.82) is 0 Å². The number of amides is 1. The zero-order chi connectivity index (χ0) is 19.4. The minimum atomic E-state index is 0.0547. The highest BCUT2D eigenvalue weighted by atomic mass is 35.5. The van der Waals surface area contributed by atoms with Crippen LogP contribution in [0.5, 0.6) is 0 Å². The first-order chi connectivity index (χ1) is 12.9. The average molecular weight is 393 g/mol. The molecule has 3 rings (SSSR count). The number of halogens is 1. The maximum Gasteiger partial charge on any atom is 0.244 e. The molecule has 27 heavy (non-hydrogen) atoms. The minimum Gasteiger partial charge on any atom is -0.358 e. The van der Waals surface area contributed by atoms with Gasteiger partial charge in [-0.25, -0.2) is 9.67 Å². The second-order valence-electron chi connectivity index (χ2n) is 7.28. The molecule has 0 aliphatic carbocycles. The maximum atomic E-state index is 12.7. The Hall–Kier alpha value is -2.29. The summed E-state index contributed by atoms with van der Waals surface area (Å²) in [4.78, 5) is 25.1. The molecular weight excluding hydrogens is 368 g/mol. The van der Waals surface area contributed by atoms with Gasteiger partial charge in [0.2, 0.25) is 5.91 Å². The van der Waals surface area contributed by atoms with E-state index in [1.807, 2.05) is 30.7 Å². The van der Waals surface area contributed by atoms with Crippen LogP contribution in [0, 0.1) is 5.92 Å². The molecule has 1 aliphatic heterocycles. The van der Waals surface area contributed by atoms with E-state index >= 15 is 0 Å². The molecule has 9 nitrogen and oxygen atoms in total. The molecule has 0 bridgehead atoms.